The summed E-state index contributed by atoms with van der Waals surface area (Å²) in [6, 6.07) is 0. The third kappa shape index (κ3) is 3.39. The molecule has 1 aromatic rings. The van der Waals surface area contributed by atoms with Crippen LogP contribution in [0.1, 0.15) is 43.3 Å². The fourth-order valence-corrected chi connectivity index (χ4v) is 2.92. The molecule has 1 aliphatic heterocycles. The van der Waals surface area contributed by atoms with Crippen molar-refractivity contribution in [2.24, 2.45) is 0 Å². The Morgan fingerprint density at radius 3 is 2.53 bits per heavy atom. The first kappa shape index (κ1) is 14.6. The molecule has 0 unspecified atom stereocenters. The van der Waals surface area contributed by atoms with Crippen LogP contribution in [0.3, 0.4) is 0 Å². The van der Waals surface area contributed by atoms with Gasteiger partial charge in [-0.2, -0.15) is 0 Å². The third-order valence-electron chi connectivity index (χ3n) is 3.33. The molecule has 0 amide bonds. The molecule has 0 bridgehead atoms. The zero-order chi connectivity index (χ0) is 14.2. The molecular weight excluding hydrogens is 272 g/mol. The quantitative estimate of drug-likeness (QED) is 0.799. The number of hydrogen-bond acceptors (Lipinski definition) is 3. The van der Waals surface area contributed by atoms with Crippen molar-refractivity contribution in [1.29, 1.82) is 0 Å². The summed E-state index contributed by atoms with van der Waals surface area (Å²) in [5.74, 6) is -1.82. The smallest absolute Gasteiger partial charge is 0.261 e. The molecule has 0 spiro atoms. The second-order valence-electron chi connectivity index (χ2n) is 5.40. The van der Waals surface area contributed by atoms with Crippen molar-refractivity contribution in [3.05, 3.63) is 22.2 Å². The Labute approximate surface area is 117 Å². The molecule has 1 aliphatic rings. The molecule has 0 radical (unpaired) electrons. The van der Waals surface area contributed by atoms with E-state index >= 15 is 0 Å². The van der Waals surface area contributed by atoms with Crippen molar-refractivity contribution in [1.82, 2.24) is 14.9 Å². The zero-order valence-corrected chi connectivity index (χ0v) is 12.1. The first-order valence-electron chi connectivity index (χ1n) is 6.41. The number of hydrogen-bond donors (Lipinski definition) is 0. The molecule has 1 saturated heterocycles. The van der Waals surface area contributed by atoms with Gasteiger partial charge in [0.25, 0.3) is 5.92 Å². The minimum absolute atomic E-state index is 0.0935. The SMILES string of the molecule is Cc1nc(CN2CCC(F)(F)C2)nc(Cl)c1C(C)C. The van der Waals surface area contributed by atoms with Crippen molar-refractivity contribution in [3.8, 4) is 0 Å². The number of halogens is 3. The van der Waals surface area contributed by atoms with Gasteiger partial charge in [-0.3, -0.25) is 4.90 Å². The lowest BCUT2D eigenvalue weighted by molar-refractivity contribution is 0.0113. The van der Waals surface area contributed by atoms with Crippen LogP contribution in [0.5, 0.6) is 0 Å². The normalized spacial score (nSPS) is 19.3. The van der Waals surface area contributed by atoms with Crippen molar-refractivity contribution in [2.45, 2.75) is 45.6 Å². The molecular formula is C13H18ClF2N3. The van der Waals surface area contributed by atoms with Crippen LogP contribution in [0.25, 0.3) is 0 Å². The highest BCUT2D eigenvalue weighted by molar-refractivity contribution is 6.30. The summed E-state index contributed by atoms with van der Waals surface area (Å²) in [5.41, 5.74) is 1.76. The van der Waals surface area contributed by atoms with Gasteiger partial charge in [0, 0.05) is 24.2 Å². The van der Waals surface area contributed by atoms with Crippen LogP contribution in [0.2, 0.25) is 5.15 Å². The Bertz CT molecular complexity index is 454. The Kier molecular flexibility index (Phi) is 4.06. The first-order valence-corrected chi connectivity index (χ1v) is 6.79. The van der Waals surface area contributed by atoms with E-state index in [1.165, 1.54) is 0 Å². The van der Waals surface area contributed by atoms with E-state index in [9.17, 15) is 8.78 Å². The summed E-state index contributed by atoms with van der Waals surface area (Å²) in [7, 11) is 0. The lowest BCUT2D eigenvalue weighted by Gasteiger charge is -2.17. The number of rotatable bonds is 3. The first-order chi connectivity index (χ1) is 8.78. The largest absolute Gasteiger partial charge is 0.290 e. The van der Waals surface area contributed by atoms with E-state index in [0.29, 0.717) is 24.1 Å². The van der Waals surface area contributed by atoms with E-state index in [-0.39, 0.29) is 18.9 Å². The summed E-state index contributed by atoms with van der Waals surface area (Å²) in [5, 5.41) is 0.434. The lowest BCUT2D eigenvalue weighted by Crippen LogP contribution is -2.26. The van der Waals surface area contributed by atoms with Gasteiger partial charge >= 0.3 is 0 Å². The summed E-state index contributed by atoms with van der Waals surface area (Å²) in [6.45, 7) is 6.41. The van der Waals surface area contributed by atoms with Gasteiger partial charge in [0.1, 0.15) is 11.0 Å². The van der Waals surface area contributed by atoms with Gasteiger partial charge in [-0.1, -0.05) is 25.4 Å². The molecule has 0 atom stereocenters. The summed E-state index contributed by atoms with van der Waals surface area (Å²) < 4.78 is 26.2. The Balaban J connectivity index is 2.15. The highest BCUT2D eigenvalue weighted by atomic mass is 35.5. The van der Waals surface area contributed by atoms with Gasteiger partial charge in [-0.05, 0) is 12.8 Å². The molecule has 6 heteroatoms. The van der Waals surface area contributed by atoms with Crippen LogP contribution in [0.4, 0.5) is 8.78 Å². The molecule has 2 rings (SSSR count). The van der Waals surface area contributed by atoms with Gasteiger partial charge < -0.3 is 0 Å². The van der Waals surface area contributed by atoms with Gasteiger partial charge in [0.15, 0.2) is 0 Å². The molecule has 0 aliphatic carbocycles. The van der Waals surface area contributed by atoms with Gasteiger partial charge in [-0.25, -0.2) is 18.7 Å². The second kappa shape index (κ2) is 5.29. The maximum atomic E-state index is 13.1. The average molecular weight is 290 g/mol. The second-order valence-corrected chi connectivity index (χ2v) is 5.76. The topological polar surface area (TPSA) is 29.0 Å². The minimum Gasteiger partial charge on any atom is -0.290 e. The molecule has 1 fully saturated rings. The maximum Gasteiger partial charge on any atom is 0.261 e. The number of nitrogens with zero attached hydrogens (tertiary/aromatic N) is 3. The number of aromatic nitrogens is 2. The van der Waals surface area contributed by atoms with E-state index in [1.54, 1.807) is 4.90 Å². The molecule has 1 aromatic heterocycles. The van der Waals surface area contributed by atoms with Crippen molar-refractivity contribution >= 4 is 11.6 Å². The predicted molar refractivity (Wildman–Crippen MR) is 70.7 cm³/mol. The van der Waals surface area contributed by atoms with Crippen molar-refractivity contribution < 1.29 is 8.78 Å². The van der Waals surface area contributed by atoms with Crippen LogP contribution in [0, 0.1) is 6.92 Å². The third-order valence-corrected chi connectivity index (χ3v) is 3.62. The van der Waals surface area contributed by atoms with Crippen LogP contribution < -0.4 is 0 Å². The molecule has 0 N–H and O–H groups in total. The summed E-state index contributed by atoms with van der Waals surface area (Å²) in [6.07, 6.45) is -0.0935. The summed E-state index contributed by atoms with van der Waals surface area (Å²) in [4.78, 5) is 10.3. The molecule has 19 heavy (non-hydrogen) atoms. The fraction of sp³-hybridized carbons (Fsp3) is 0.692. The molecule has 3 nitrogen and oxygen atoms in total. The maximum absolute atomic E-state index is 13.1. The van der Waals surface area contributed by atoms with Crippen LogP contribution in [0.15, 0.2) is 0 Å². The van der Waals surface area contributed by atoms with Crippen molar-refractivity contribution in [2.75, 3.05) is 13.1 Å². The zero-order valence-electron chi connectivity index (χ0n) is 11.4. The van der Waals surface area contributed by atoms with Crippen LogP contribution in [-0.4, -0.2) is 33.9 Å². The molecule has 0 saturated carbocycles. The van der Waals surface area contributed by atoms with E-state index < -0.39 is 5.92 Å². The highest BCUT2D eigenvalue weighted by Gasteiger charge is 2.38. The summed E-state index contributed by atoms with van der Waals surface area (Å²) >= 11 is 6.15. The highest BCUT2D eigenvalue weighted by Crippen LogP contribution is 2.29. The lowest BCUT2D eigenvalue weighted by atomic mass is 10.0. The Hall–Kier alpha value is -0.810. The molecule has 106 valence electrons. The number of alkyl halides is 2. The monoisotopic (exact) mass is 289 g/mol. The van der Waals surface area contributed by atoms with Gasteiger partial charge in [0.2, 0.25) is 0 Å². The fourth-order valence-electron chi connectivity index (χ4n) is 2.47. The van der Waals surface area contributed by atoms with E-state index in [1.807, 2.05) is 20.8 Å². The number of likely N-dealkylation sites (tertiary alicyclic amines) is 1. The van der Waals surface area contributed by atoms with Crippen LogP contribution in [-0.2, 0) is 6.54 Å². The van der Waals surface area contributed by atoms with Crippen LogP contribution >= 0.6 is 11.6 Å². The van der Waals surface area contributed by atoms with Crippen molar-refractivity contribution in [3.63, 3.8) is 0 Å². The van der Waals surface area contributed by atoms with Gasteiger partial charge in [0.05, 0.1) is 13.1 Å². The Morgan fingerprint density at radius 1 is 1.37 bits per heavy atom. The van der Waals surface area contributed by atoms with E-state index in [4.69, 9.17) is 11.6 Å². The number of aryl methyl sites for hydroxylation is 1. The van der Waals surface area contributed by atoms with E-state index in [0.717, 1.165) is 11.3 Å². The predicted octanol–water partition coefficient (Wildman–Crippen LogP) is 3.40. The average Bonchev–Trinajstić information content (AvgIpc) is 2.56. The molecule has 0 aromatic carbocycles. The van der Waals surface area contributed by atoms with Gasteiger partial charge in [-0.15, -0.1) is 0 Å². The standard InChI is InChI=1S/C13H18ClF2N3/c1-8(2)11-9(3)17-10(18-12(11)14)6-19-5-4-13(15,16)7-19/h8H,4-7H2,1-3H3. The molecule has 2 heterocycles. The minimum atomic E-state index is -2.59. The Morgan fingerprint density at radius 2 is 2.05 bits per heavy atom. The van der Waals surface area contributed by atoms with E-state index in [2.05, 4.69) is 9.97 Å².